The number of hydrogen-bond acceptors (Lipinski definition) is 4. The van der Waals surface area contributed by atoms with Gasteiger partial charge in [0.1, 0.15) is 18.7 Å². The van der Waals surface area contributed by atoms with Gasteiger partial charge in [-0.05, 0) is 51.5 Å². The zero-order valence-corrected chi connectivity index (χ0v) is 14.8. The minimum absolute atomic E-state index is 0.0966. The largest absolute Gasteiger partial charge is 0.348 e. The number of nitrogens with zero attached hydrogens (tertiary/aromatic N) is 5. The smallest absolute Gasteiger partial charge is 0.245 e. The first-order valence-electron chi connectivity index (χ1n) is 8.24. The molecular weight excluding hydrogens is 316 g/mol. The topological polar surface area (TPSA) is 77.6 Å². The van der Waals surface area contributed by atoms with Gasteiger partial charge < -0.3 is 5.32 Å². The number of benzene rings is 1. The van der Waals surface area contributed by atoms with Crippen molar-refractivity contribution in [3.8, 4) is 5.69 Å². The predicted molar refractivity (Wildman–Crippen MR) is 94.3 cm³/mol. The molecular formula is C18H22N6O. The second-order valence-corrected chi connectivity index (χ2v) is 6.21. The van der Waals surface area contributed by atoms with Crippen LogP contribution in [0.5, 0.6) is 0 Å². The minimum Gasteiger partial charge on any atom is -0.348 e. The highest BCUT2D eigenvalue weighted by molar-refractivity contribution is 5.80. The normalized spacial score (nSPS) is 13.4. The van der Waals surface area contributed by atoms with Gasteiger partial charge in [0.25, 0.3) is 0 Å². The molecule has 2 atom stereocenters. The van der Waals surface area contributed by atoms with E-state index in [4.69, 9.17) is 0 Å². The van der Waals surface area contributed by atoms with Gasteiger partial charge in [-0.2, -0.15) is 10.2 Å². The van der Waals surface area contributed by atoms with Crippen molar-refractivity contribution >= 4 is 5.91 Å². The number of aryl methyl sites for hydroxylation is 2. The first-order chi connectivity index (χ1) is 12.0. The highest BCUT2D eigenvalue weighted by Gasteiger charge is 2.18. The van der Waals surface area contributed by atoms with Crippen LogP contribution in [0.1, 0.15) is 42.9 Å². The van der Waals surface area contributed by atoms with E-state index in [0.29, 0.717) is 0 Å². The fraction of sp³-hybridized carbons (Fsp3) is 0.333. The maximum absolute atomic E-state index is 12.3. The van der Waals surface area contributed by atoms with Crippen molar-refractivity contribution in [2.24, 2.45) is 0 Å². The molecule has 0 radical (unpaired) electrons. The molecule has 1 amide bonds. The van der Waals surface area contributed by atoms with Crippen molar-refractivity contribution < 1.29 is 4.79 Å². The molecule has 2 unspecified atom stereocenters. The monoisotopic (exact) mass is 338 g/mol. The van der Waals surface area contributed by atoms with Crippen LogP contribution in [0, 0.1) is 13.8 Å². The Bertz CT molecular complexity index is 850. The number of hydrogen-bond donors (Lipinski definition) is 1. The number of carbonyl (C=O) groups excluding carboxylic acids is 1. The molecule has 0 aliphatic carbocycles. The van der Waals surface area contributed by atoms with Gasteiger partial charge in [-0.3, -0.25) is 4.79 Å². The Morgan fingerprint density at radius 3 is 2.44 bits per heavy atom. The Hall–Kier alpha value is -2.96. The summed E-state index contributed by atoms with van der Waals surface area (Å²) in [4.78, 5) is 16.2. The van der Waals surface area contributed by atoms with Crippen LogP contribution in [0.2, 0.25) is 0 Å². The summed E-state index contributed by atoms with van der Waals surface area (Å²) in [5.41, 5.74) is 4.12. The van der Waals surface area contributed by atoms with E-state index in [2.05, 4.69) is 20.5 Å². The van der Waals surface area contributed by atoms with Crippen LogP contribution in [0.4, 0.5) is 0 Å². The van der Waals surface area contributed by atoms with Crippen LogP contribution in [-0.2, 0) is 4.79 Å². The summed E-state index contributed by atoms with van der Waals surface area (Å²) in [5.74, 6) is -0.0966. The minimum atomic E-state index is -0.404. The van der Waals surface area contributed by atoms with E-state index in [1.807, 2.05) is 55.8 Å². The quantitative estimate of drug-likeness (QED) is 0.775. The van der Waals surface area contributed by atoms with Crippen LogP contribution in [0.25, 0.3) is 5.69 Å². The Morgan fingerprint density at radius 1 is 1.16 bits per heavy atom. The molecule has 0 fully saturated rings. The van der Waals surface area contributed by atoms with Gasteiger partial charge in [-0.1, -0.05) is 12.1 Å². The van der Waals surface area contributed by atoms with Crippen LogP contribution in [0.3, 0.4) is 0 Å². The zero-order valence-electron chi connectivity index (χ0n) is 14.8. The lowest BCUT2D eigenvalue weighted by Crippen LogP contribution is -2.33. The van der Waals surface area contributed by atoms with E-state index >= 15 is 0 Å². The fourth-order valence-electron chi connectivity index (χ4n) is 2.75. The molecule has 1 aromatic carbocycles. The zero-order chi connectivity index (χ0) is 18.0. The maximum atomic E-state index is 12.3. The summed E-state index contributed by atoms with van der Waals surface area (Å²) in [6.07, 6.45) is 2.96. The third-order valence-corrected chi connectivity index (χ3v) is 4.22. The average molecular weight is 338 g/mol. The third-order valence-electron chi connectivity index (χ3n) is 4.22. The molecule has 2 heterocycles. The van der Waals surface area contributed by atoms with Crippen LogP contribution >= 0.6 is 0 Å². The van der Waals surface area contributed by atoms with E-state index in [1.54, 1.807) is 6.92 Å². The lowest BCUT2D eigenvalue weighted by molar-refractivity contribution is -0.124. The average Bonchev–Trinajstić information content (AvgIpc) is 3.23. The summed E-state index contributed by atoms with van der Waals surface area (Å²) in [7, 11) is 0. The Morgan fingerprint density at radius 2 is 1.88 bits per heavy atom. The van der Waals surface area contributed by atoms with Crippen molar-refractivity contribution in [3.63, 3.8) is 0 Å². The van der Waals surface area contributed by atoms with E-state index < -0.39 is 6.04 Å². The lowest BCUT2D eigenvalue weighted by atomic mass is 10.1. The molecule has 3 aromatic rings. The highest BCUT2D eigenvalue weighted by Crippen LogP contribution is 2.18. The van der Waals surface area contributed by atoms with E-state index in [-0.39, 0.29) is 11.9 Å². The molecule has 2 aromatic heterocycles. The van der Waals surface area contributed by atoms with Gasteiger partial charge in [-0.15, -0.1) is 0 Å². The van der Waals surface area contributed by atoms with Gasteiger partial charge in [-0.25, -0.2) is 14.3 Å². The summed E-state index contributed by atoms with van der Waals surface area (Å²) in [6.45, 7) is 7.76. The van der Waals surface area contributed by atoms with Crippen molar-refractivity contribution in [1.29, 1.82) is 0 Å². The van der Waals surface area contributed by atoms with Gasteiger partial charge in [0.15, 0.2) is 0 Å². The number of amides is 1. The van der Waals surface area contributed by atoms with Gasteiger partial charge in [0.05, 0.1) is 17.4 Å². The highest BCUT2D eigenvalue weighted by atomic mass is 16.2. The molecule has 1 N–H and O–H groups in total. The molecule has 0 bridgehead atoms. The van der Waals surface area contributed by atoms with Crippen molar-refractivity contribution in [2.45, 2.75) is 39.8 Å². The number of nitrogens with one attached hydrogen (secondary N) is 1. The van der Waals surface area contributed by atoms with Crippen molar-refractivity contribution in [2.75, 3.05) is 0 Å². The first-order valence-corrected chi connectivity index (χ1v) is 8.24. The second-order valence-electron chi connectivity index (χ2n) is 6.21. The maximum Gasteiger partial charge on any atom is 0.245 e. The van der Waals surface area contributed by atoms with Crippen LogP contribution in [0.15, 0.2) is 43.0 Å². The number of aromatic nitrogens is 5. The molecule has 0 aliphatic rings. The lowest BCUT2D eigenvalue weighted by Gasteiger charge is -2.18. The summed E-state index contributed by atoms with van der Waals surface area (Å²) in [6, 6.07) is 9.58. The van der Waals surface area contributed by atoms with Gasteiger partial charge >= 0.3 is 0 Å². The molecule has 0 aliphatic heterocycles. The van der Waals surface area contributed by atoms with Gasteiger partial charge in [0, 0.05) is 5.69 Å². The fourth-order valence-corrected chi connectivity index (χ4v) is 2.75. The van der Waals surface area contributed by atoms with E-state index in [9.17, 15) is 4.79 Å². The third kappa shape index (κ3) is 3.60. The Kier molecular flexibility index (Phi) is 4.65. The number of rotatable bonds is 5. The number of carbonyl (C=O) groups is 1. The molecule has 0 saturated heterocycles. The second kappa shape index (κ2) is 6.88. The van der Waals surface area contributed by atoms with Gasteiger partial charge in [0.2, 0.25) is 5.91 Å². The van der Waals surface area contributed by atoms with Crippen molar-refractivity contribution in [1.82, 2.24) is 29.9 Å². The molecule has 7 heteroatoms. The van der Waals surface area contributed by atoms with E-state index in [0.717, 1.165) is 22.6 Å². The Balaban J connectivity index is 1.69. The molecule has 25 heavy (non-hydrogen) atoms. The Labute approximate surface area is 146 Å². The van der Waals surface area contributed by atoms with E-state index in [1.165, 1.54) is 17.3 Å². The molecule has 0 spiro atoms. The van der Waals surface area contributed by atoms with Crippen molar-refractivity contribution in [3.05, 3.63) is 59.9 Å². The molecule has 7 nitrogen and oxygen atoms in total. The standard InChI is InChI=1S/C18H22N6O/c1-12-9-13(2)24(22-12)17-7-5-16(6-8-17)14(3)21-18(25)15(4)23-11-19-10-20-23/h5-11,14-15H,1-4H3,(H,21,25). The van der Waals surface area contributed by atoms with Crippen LogP contribution < -0.4 is 5.32 Å². The first kappa shape index (κ1) is 16.9. The molecule has 3 rings (SSSR count). The molecule has 130 valence electrons. The summed E-state index contributed by atoms with van der Waals surface area (Å²) < 4.78 is 3.45. The molecule has 0 saturated carbocycles. The SMILES string of the molecule is Cc1cc(C)n(-c2ccc(C(C)NC(=O)C(C)n3cncn3)cc2)n1. The summed E-state index contributed by atoms with van der Waals surface area (Å²) in [5, 5.41) is 11.5. The predicted octanol–water partition coefficient (Wildman–Crippen LogP) is 2.52. The summed E-state index contributed by atoms with van der Waals surface area (Å²) >= 11 is 0. The van der Waals surface area contributed by atoms with Crippen LogP contribution in [-0.4, -0.2) is 30.5 Å².